The lowest BCUT2D eigenvalue weighted by atomic mass is 9.76. The van der Waals surface area contributed by atoms with E-state index < -0.39 is 5.82 Å². The van der Waals surface area contributed by atoms with Crippen LogP contribution in [-0.2, 0) is 13.5 Å². The standard InChI is InChI=1S/C23H23ClFN5O/c1-12-4-6-16-9-18-20(14-10-26-29(3)11-14)27-13(2)28-21(18)22(12)30(16)23(31)17-7-5-15(24)8-19(17)25/h5,7-8,10-12,16,22H,4,6,9H2,1-3H3/t12-,16+,22-/m1/s1. The molecule has 2 aliphatic rings. The number of aromatic nitrogens is 4. The molecule has 2 bridgehead atoms. The van der Waals surface area contributed by atoms with E-state index in [1.165, 1.54) is 12.1 Å². The van der Waals surface area contributed by atoms with Crippen LogP contribution < -0.4 is 0 Å². The van der Waals surface area contributed by atoms with Crippen molar-refractivity contribution in [1.29, 1.82) is 0 Å². The Bertz CT molecular complexity index is 1190. The molecule has 0 aliphatic carbocycles. The van der Waals surface area contributed by atoms with Crippen LogP contribution in [0.3, 0.4) is 0 Å². The minimum atomic E-state index is -0.594. The lowest BCUT2D eigenvalue weighted by Crippen LogP contribution is -2.53. The van der Waals surface area contributed by atoms with Gasteiger partial charge in [0, 0.05) is 35.4 Å². The molecule has 0 spiro atoms. The highest BCUT2D eigenvalue weighted by atomic mass is 35.5. The van der Waals surface area contributed by atoms with Crippen molar-refractivity contribution in [2.24, 2.45) is 13.0 Å². The van der Waals surface area contributed by atoms with Gasteiger partial charge in [0.05, 0.1) is 29.2 Å². The largest absolute Gasteiger partial charge is 0.326 e. The van der Waals surface area contributed by atoms with Crippen LogP contribution in [0.1, 0.15) is 53.2 Å². The van der Waals surface area contributed by atoms with Gasteiger partial charge in [0.15, 0.2) is 0 Å². The van der Waals surface area contributed by atoms with Crippen LogP contribution in [-0.4, -0.2) is 36.6 Å². The Hall–Kier alpha value is -2.80. The molecule has 1 aromatic carbocycles. The average molecular weight is 440 g/mol. The number of rotatable bonds is 2. The first kappa shape index (κ1) is 20.1. The SMILES string of the molecule is Cc1nc(-c2cnn(C)c2)c2c(n1)[C@H]1[C@H](C)CC[C@@H](C2)N1C(=O)c1ccc(Cl)cc1F. The number of carbonyl (C=O) groups is 1. The molecule has 0 N–H and O–H groups in total. The van der Waals surface area contributed by atoms with Crippen molar-refractivity contribution in [3.8, 4) is 11.3 Å². The zero-order chi connectivity index (χ0) is 21.9. The summed E-state index contributed by atoms with van der Waals surface area (Å²) in [7, 11) is 1.88. The van der Waals surface area contributed by atoms with Crippen LogP contribution in [0.4, 0.5) is 4.39 Å². The third kappa shape index (κ3) is 3.31. The van der Waals surface area contributed by atoms with E-state index in [1.807, 2.05) is 31.3 Å². The molecule has 0 unspecified atom stereocenters. The predicted octanol–water partition coefficient (Wildman–Crippen LogP) is 4.52. The summed E-state index contributed by atoms with van der Waals surface area (Å²) in [6.45, 7) is 4.00. The van der Waals surface area contributed by atoms with Crippen LogP contribution >= 0.6 is 11.6 Å². The van der Waals surface area contributed by atoms with E-state index in [-0.39, 0.29) is 34.5 Å². The van der Waals surface area contributed by atoms with Crippen molar-refractivity contribution < 1.29 is 9.18 Å². The first-order chi connectivity index (χ1) is 14.8. The Morgan fingerprint density at radius 3 is 2.77 bits per heavy atom. The highest BCUT2D eigenvalue weighted by Crippen LogP contribution is 2.47. The molecule has 2 aromatic heterocycles. The maximum absolute atomic E-state index is 14.6. The molecular weight excluding hydrogens is 417 g/mol. The summed E-state index contributed by atoms with van der Waals surface area (Å²) in [4.78, 5) is 24.9. The average Bonchev–Trinajstić information content (AvgIpc) is 3.15. The van der Waals surface area contributed by atoms with Crippen LogP contribution in [0.15, 0.2) is 30.6 Å². The first-order valence-corrected chi connectivity index (χ1v) is 10.9. The third-order valence-electron chi connectivity index (χ3n) is 6.43. The maximum atomic E-state index is 14.6. The predicted molar refractivity (Wildman–Crippen MR) is 115 cm³/mol. The number of carbonyl (C=O) groups excluding carboxylic acids is 1. The number of benzene rings is 1. The Morgan fingerprint density at radius 2 is 2.06 bits per heavy atom. The molecule has 4 heterocycles. The van der Waals surface area contributed by atoms with Crippen molar-refractivity contribution in [2.45, 2.75) is 45.2 Å². The maximum Gasteiger partial charge on any atom is 0.257 e. The van der Waals surface area contributed by atoms with Crippen molar-refractivity contribution in [3.63, 3.8) is 0 Å². The monoisotopic (exact) mass is 439 g/mol. The molecule has 5 rings (SSSR count). The van der Waals surface area contributed by atoms with Crippen molar-refractivity contribution >= 4 is 17.5 Å². The molecule has 3 aromatic rings. The molecule has 0 saturated carbocycles. The van der Waals surface area contributed by atoms with E-state index in [9.17, 15) is 9.18 Å². The first-order valence-electron chi connectivity index (χ1n) is 10.5. The Morgan fingerprint density at radius 1 is 1.26 bits per heavy atom. The summed E-state index contributed by atoms with van der Waals surface area (Å²) in [5.41, 5.74) is 3.82. The van der Waals surface area contributed by atoms with Gasteiger partial charge in [-0.1, -0.05) is 18.5 Å². The summed E-state index contributed by atoms with van der Waals surface area (Å²) >= 11 is 5.90. The topological polar surface area (TPSA) is 63.9 Å². The van der Waals surface area contributed by atoms with Crippen LogP contribution in [0.25, 0.3) is 11.3 Å². The van der Waals surface area contributed by atoms with E-state index >= 15 is 0 Å². The van der Waals surface area contributed by atoms with Gasteiger partial charge >= 0.3 is 0 Å². The second kappa shape index (κ2) is 7.41. The van der Waals surface area contributed by atoms with E-state index in [4.69, 9.17) is 21.6 Å². The smallest absolute Gasteiger partial charge is 0.257 e. The van der Waals surface area contributed by atoms with Crippen LogP contribution in [0.5, 0.6) is 0 Å². The van der Waals surface area contributed by atoms with Gasteiger partial charge in [-0.05, 0) is 50.3 Å². The Kier molecular flexibility index (Phi) is 4.81. The molecule has 1 amide bonds. The number of aryl methyl sites for hydroxylation is 2. The fourth-order valence-electron chi connectivity index (χ4n) is 5.03. The minimum Gasteiger partial charge on any atom is -0.326 e. The van der Waals surface area contributed by atoms with Gasteiger partial charge < -0.3 is 4.90 Å². The zero-order valence-electron chi connectivity index (χ0n) is 17.6. The molecule has 0 radical (unpaired) electrons. The summed E-state index contributed by atoms with van der Waals surface area (Å²) in [6, 6.07) is 3.98. The number of nitrogens with zero attached hydrogens (tertiary/aromatic N) is 5. The molecule has 1 saturated heterocycles. The third-order valence-corrected chi connectivity index (χ3v) is 6.67. The quantitative estimate of drug-likeness (QED) is 0.589. The summed E-state index contributed by atoms with van der Waals surface area (Å²) < 4.78 is 16.4. The van der Waals surface area contributed by atoms with Gasteiger partial charge in [-0.15, -0.1) is 0 Å². The van der Waals surface area contributed by atoms with Gasteiger partial charge in [0.1, 0.15) is 11.6 Å². The molecule has 8 heteroatoms. The van der Waals surface area contributed by atoms with E-state index in [0.29, 0.717) is 12.2 Å². The highest BCUT2D eigenvalue weighted by Gasteiger charge is 2.46. The number of halogens is 2. The number of piperidine rings is 1. The van der Waals surface area contributed by atoms with Crippen molar-refractivity contribution in [2.75, 3.05) is 0 Å². The van der Waals surface area contributed by atoms with Gasteiger partial charge in [-0.2, -0.15) is 5.10 Å². The molecule has 3 atom stereocenters. The summed E-state index contributed by atoms with van der Waals surface area (Å²) in [5, 5.41) is 4.57. The van der Waals surface area contributed by atoms with Crippen molar-refractivity contribution in [1.82, 2.24) is 24.6 Å². The van der Waals surface area contributed by atoms with Gasteiger partial charge in [-0.3, -0.25) is 9.48 Å². The second-order valence-corrected chi connectivity index (χ2v) is 9.02. The second-order valence-electron chi connectivity index (χ2n) is 8.58. The Balaban J connectivity index is 1.64. The van der Waals surface area contributed by atoms with Gasteiger partial charge in [0.25, 0.3) is 5.91 Å². The number of hydrogen-bond acceptors (Lipinski definition) is 4. The van der Waals surface area contributed by atoms with Gasteiger partial charge in [-0.25, -0.2) is 14.4 Å². The van der Waals surface area contributed by atoms with E-state index in [1.54, 1.807) is 10.7 Å². The number of fused-ring (bicyclic) bond motifs is 4. The van der Waals surface area contributed by atoms with Gasteiger partial charge in [0.2, 0.25) is 0 Å². The number of amides is 1. The molecule has 2 aliphatic heterocycles. The molecule has 6 nitrogen and oxygen atoms in total. The van der Waals surface area contributed by atoms with E-state index in [2.05, 4.69) is 12.0 Å². The van der Waals surface area contributed by atoms with Crippen LogP contribution in [0.2, 0.25) is 5.02 Å². The fourth-order valence-corrected chi connectivity index (χ4v) is 5.19. The van der Waals surface area contributed by atoms with E-state index in [0.717, 1.165) is 35.4 Å². The molecule has 31 heavy (non-hydrogen) atoms. The minimum absolute atomic E-state index is 0.0296. The molecule has 160 valence electrons. The summed E-state index contributed by atoms with van der Waals surface area (Å²) in [6.07, 6.45) is 6.25. The summed E-state index contributed by atoms with van der Waals surface area (Å²) in [5.74, 6) is -0.0472. The zero-order valence-corrected chi connectivity index (χ0v) is 18.4. The fraction of sp³-hybridized carbons (Fsp3) is 0.391. The lowest BCUT2D eigenvalue weighted by molar-refractivity contribution is 0.0222. The molecular formula is C23H23ClFN5O. The normalized spacial score (nSPS) is 22.4. The number of hydrogen-bond donors (Lipinski definition) is 0. The van der Waals surface area contributed by atoms with Crippen molar-refractivity contribution in [3.05, 3.63) is 64.1 Å². The highest BCUT2D eigenvalue weighted by molar-refractivity contribution is 6.30. The lowest BCUT2D eigenvalue weighted by Gasteiger charge is -2.49. The molecule has 1 fully saturated rings. The Labute approximate surface area is 185 Å². The van der Waals surface area contributed by atoms with Crippen LogP contribution in [0, 0.1) is 18.7 Å².